The molecule has 0 aromatic carbocycles. The van der Waals surface area contributed by atoms with Gasteiger partial charge in [0.15, 0.2) is 0 Å². The van der Waals surface area contributed by atoms with E-state index in [1.165, 1.54) is 25.7 Å². The molecule has 0 atom stereocenters. The van der Waals surface area contributed by atoms with Crippen molar-refractivity contribution < 1.29 is 4.74 Å². The van der Waals surface area contributed by atoms with Crippen LogP contribution in [0.1, 0.15) is 74.7 Å². The summed E-state index contributed by atoms with van der Waals surface area (Å²) < 4.78 is 5.31. The van der Waals surface area contributed by atoms with Crippen LogP contribution in [0, 0.1) is 5.41 Å². The summed E-state index contributed by atoms with van der Waals surface area (Å²) in [5.74, 6) is 0. The van der Waals surface area contributed by atoms with Gasteiger partial charge in [0.2, 0.25) is 0 Å². The van der Waals surface area contributed by atoms with Gasteiger partial charge in [-0.2, -0.15) is 0 Å². The van der Waals surface area contributed by atoms with Crippen LogP contribution in [0.3, 0.4) is 0 Å². The number of hydrogen-bond acceptors (Lipinski definition) is 1. The summed E-state index contributed by atoms with van der Waals surface area (Å²) in [6.07, 6.45) is 5.22. The lowest BCUT2D eigenvalue weighted by Gasteiger charge is -2.33. The minimum absolute atomic E-state index is 0. The molecule has 0 aromatic heterocycles. The maximum atomic E-state index is 5.31. The Hall–Kier alpha value is -0.0400. The maximum absolute atomic E-state index is 5.31. The minimum Gasteiger partial charge on any atom is -0.381 e. The van der Waals surface area contributed by atoms with Gasteiger partial charge in [-0.05, 0) is 24.7 Å². The van der Waals surface area contributed by atoms with E-state index in [4.69, 9.17) is 4.74 Å². The molecule has 0 saturated carbocycles. The first-order chi connectivity index (χ1) is 6.77. The average Bonchev–Trinajstić information content (AvgIpc) is 2.25. The molecule has 0 N–H and O–H groups in total. The Kier molecular flexibility index (Phi) is 19.0. The Morgan fingerprint density at radius 3 is 1.73 bits per heavy atom. The second-order valence-corrected chi connectivity index (χ2v) is 3.67. The highest BCUT2D eigenvalue weighted by atomic mass is 16.5. The molecule has 0 aromatic rings. The molecule has 1 rings (SSSR count). The molecular weight excluding hydrogens is 184 g/mol. The van der Waals surface area contributed by atoms with Crippen LogP contribution in [0.5, 0.6) is 0 Å². The van der Waals surface area contributed by atoms with Gasteiger partial charge < -0.3 is 4.74 Å². The molecule has 0 amide bonds. The number of rotatable bonds is 2. The molecular formula is C14H34O. The van der Waals surface area contributed by atoms with Crippen molar-refractivity contribution in [2.45, 2.75) is 74.7 Å². The summed E-state index contributed by atoms with van der Waals surface area (Å²) in [5.41, 5.74) is 0.604. The zero-order valence-corrected chi connectivity index (χ0v) is 11.2. The zero-order valence-electron chi connectivity index (χ0n) is 11.2. The van der Waals surface area contributed by atoms with Crippen molar-refractivity contribution in [3.05, 3.63) is 0 Å². The van der Waals surface area contributed by atoms with Gasteiger partial charge >= 0.3 is 0 Å². The lowest BCUT2D eigenvalue weighted by atomic mass is 9.79. The topological polar surface area (TPSA) is 9.23 Å². The molecule has 0 radical (unpaired) electrons. The zero-order chi connectivity index (χ0) is 11.4. The normalized spacial score (nSPS) is 17.2. The van der Waals surface area contributed by atoms with E-state index in [1.54, 1.807) is 0 Å². The van der Waals surface area contributed by atoms with Crippen molar-refractivity contribution in [2.75, 3.05) is 13.2 Å². The SMILES string of the molecule is C.CC.CC.CCCC1(C)CCOCC1. The predicted molar refractivity (Wildman–Crippen MR) is 72.5 cm³/mol. The van der Waals surface area contributed by atoms with Gasteiger partial charge in [-0.25, -0.2) is 0 Å². The van der Waals surface area contributed by atoms with E-state index >= 15 is 0 Å². The fraction of sp³-hybridized carbons (Fsp3) is 1.00. The van der Waals surface area contributed by atoms with Crippen molar-refractivity contribution in [2.24, 2.45) is 5.41 Å². The molecule has 1 nitrogen and oxygen atoms in total. The number of ether oxygens (including phenoxy) is 1. The highest BCUT2D eigenvalue weighted by Crippen LogP contribution is 2.34. The van der Waals surface area contributed by atoms with Gasteiger partial charge in [0.05, 0.1) is 0 Å². The van der Waals surface area contributed by atoms with E-state index in [1.807, 2.05) is 27.7 Å². The van der Waals surface area contributed by atoms with E-state index < -0.39 is 0 Å². The van der Waals surface area contributed by atoms with Crippen LogP contribution in [-0.2, 0) is 4.74 Å². The van der Waals surface area contributed by atoms with Gasteiger partial charge in [0.1, 0.15) is 0 Å². The third-order valence-electron chi connectivity index (χ3n) is 2.55. The summed E-state index contributed by atoms with van der Waals surface area (Å²) in [7, 11) is 0. The highest BCUT2D eigenvalue weighted by molar-refractivity contribution is 4.76. The van der Waals surface area contributed by atoms with Gasteiger partial charge in [-0.1, -0.05) is 55.4 Å². The number of hydrogen-bond donors (Lipinski definition) is 0. The van der Waals surface area contributed by atoms with Crippen LogP contribution in [0.4, 0.5) is 0 Å². The Bertz CT molecular complexity index is 88.0. The van der Waals surface area contributed by atoms with E-state index in [0.717, 1.165) is 13.2 Å². The van der Waals surface area contributed by atoms with Crippen molar-refractivity contribution in [1.29, 1.82) is 0 Å². The fourth-order valence-corrected chi connectivity index (χ4v) is 1.72. The van der Waals surface area contributed by atoms with Crippen molar-refractivity contribution in [3.8, 4) is 0 Å². The van der Waals surface area contributed by atoms with Crippen LogP contribution >= 0.6 is 0 Å². The standard InChI is InChI=1S/C9H18O.2C2H6.CH4/c1-3-4-9(2)5-7-10-8-6-9;2*1-2;/h3-8H2,1-2H3;2*1-2H3;1H4. The molecule has 0 spiro atoms. The predicted octanol–water partition coefficient (Wildman–Crippen LogP) is 5.29. The highest BCUT2D eigenvalue weighted by Gasteiger charge is 2.25. The van der Waals surface area contributed by atoms with Crippen LogP contribution < -0.4 is 0 Å². The Balaban J connectivity index is -0.000000258. The molecule has 1 fully saturated rings. The van der Waals surface area contributed by atoms with Crippen LogP contribution in [0.15, 0.2) is 0 Å². The van der Waals surface area contributed by atoms with Crippen molar-refractivity contribution in [3.63, 3.8) is 0 Å². The fourth-order valence-electron chi connectivity index (χ4n) is 1.72. The average molecular weight is 218 g/mol. The van der Waals surface area contributed by atoms with E-state index in [0.29, 0.717) is 5.41 Å². The van der Waals surface area contributed by atoms with E-state index in [9.17, 15) is 0 Å². The molecule has 15 heavy (non-hydrogen) atoms. The largest absolute Gasteiger partial charge is 0.381 e. The lowest BCUT2D eigenvalue weighted by molar-refractivity contribution is 0.0195. The molecule has 1 heteroatoms. The first-order valence-electron chi connectivity index (χ1n) is 6.35. The first kappa shape index (κ1) is 20.4. The summed E-state index contributed by atoms with van der Waals surface area (Å²) in [4.78, 5) is 0. The van der Waals surface area contributed by atoms with E-state index in [2.05, 4.69) is 13.8 Å². The monoisotopic (exact) mass is 218 g/mol. The second kappa shape index (κ2) is 14.0. The molecule has 0 aliphatic carbocycles. The van der Waals surface area contributed by atoms with Gasteiger partial charge in [0, 0.05) is 13.2 Å². The third-order valence-corrected chi connectivity index (χ3v) is 2.55. The molecule has 0 bridgehead atoms. The molecule has 1 saturated heterocycles. The van der Waals surface area contributed by atoms with E-state index in [-0.39, 0.29) is 7.43 Å². The van der Waals surface area contributed by atoms with Crippen LogP contribution in [0.25, 0.3) is 0 Å². The molecule has 1 aliphatic heterocycles. The first-order valence-corrected chi connectivity index (χ1v) is 6.35. The molecule has 1 heterocycles. The third kappa shape index (κ3) is 10.2. The second-order valence-electron chi connectivity index (χ2n) is 3.67. The van der Waals surface area contributed by atoms with Crippen LogP contribution in [0.2, 0.25) is 0 Å². The molecule has 0 unspecified atom stereocenters. The maximum Gasteiger partial charge on any atom is 0.0471 e. The Labute approximate surface area is 98.6 Å². The van der Waals surface area contributed by atoms with Crippen molar-refractivity contribution >= 4 is 0 Å². The molecule has 1 aliphatic rings. The lowest BCUT2D eigenvalue weighted by Crippen LogP contribution is -2.26. The minimum atomic E-state index is 0. The van der Waals surface area contributed by atoms with Crippen molar-refractivity contribution in [1.82, 2.24) is 0 Å². The molecule has 96 valence electrons. The van der Waals surface area contributed by atoms with Gasteiger partial charge in [0.25, 0.3) is 0 Å². The smallest absolute Gasteiger partial charge is 0.0471 e. The van der Waals surface area contributed by atoms with Gasteiger partial charge in [-0.15, -0.1) is 0 Å². The quantitative estimate of drug-likeness (QED) is 0.612. The summed E-state index contributed by atoms with van der Waals surface area (Å²) >= 11 is 0. The Morgan fingerprint density at radius 2 is 1.40 bits per heavy atom. The van der Waals surface area contributed by atoms with Gasteiger partial charge in [-0.3, -0.25) is 0 Å². The summed E-state index contributed by atoms with van der Waals surface area (Å²) in [6.45, 7) is 14.6. The Morgan fingerprint density at radius 1 is 1.00 bits per heavy atom. The van der Waals surface area contributed by atoms with Crippen LogP contribution in [-0.4, -0.2) is 13.2 Å². The summed E-state index contributed by atoms with van der Waals surface area (Å²) in [6, 6.07) is 0. The summed E-state index contributed by atoms with van der Waals surface area (Å²) in [5, 5.41) is 0.